The molecule has 92 valence electrons. The molecule has 0 unspecified atom stereocenters. The molecule has 4 nitrogen and oxygen atoms in total. The van der Waals surface area contributed by atoms with E-state index in [1.54, 1.807) is 18.2 Å². The number of nitrogens with one attached hydrogen (secondary N) is 1. The number of nitrogen functional groups attached to an aromatic ring is 1. The summed E-state index contributed by atoms with van der Waals surface area (Å²) in [5.41, 5.74) is 7.96. The molecule has 0 aliphatic rings. The zero-order valence-electron chi connectivity index (χ0n) is 9.77. The van der Waals surface area contributed by atoms with Gasteiger partial charge in [0.2, 0.25) is 0 Å². The van der Waals surface area contributed by atoms with Crippen molar-refractivity contribution in [1.82, 2.24) is 4.98 Å². The smallest absolute Gasteiger partial charge is 0.274 e. The predicted molar refractivity (Wildman–Crippen MR) is 72.8 cm³/mol. The first-order valence-electron chi connectivity index (χ1n) is 5.35. The summed E-state index contributed by atoms with van der Waals surface area (Å²) in [6.45, 7) is 1.89. The summed E-state index contributed by atoms with van der Waals surface area (Å²) in [4.78, 5) is 15.9. The lowest BCUT2D eigenvalue weighted by Gasteiger charge is -2.08. The SMILES string of the molecule is Cc1ccc(Cl)cc1NC(=O)c1cc(N)ccn1. The molecule has 0 spiro atoms. The summed E-state index contributed by atoms with van der Waals surface area (Å²) in [5, 5.41) is 3.32. The maximum atomic E-state index is 12.0. The molecule has 1 amide bonds. The molecule has 2 aromatic rings. The van der Waals surface area contributed by atoms with E-state index in [0.717, 1.165) is 5.56 Å². The quantitative estimate of drug-likeness (QED) is 0.873. The maximum absolute atomic E-state index is 12.0. The molecule has 0 saturated heterocycles. The summed E-state index contributed by atoms with van der Waals surface area (Å²) >= 11 is 5.88. The van der Waals surface area contributed by atoms with Crippen LogP contribution in [0.2, 0.25) is 5.02 Å². The molecule has 1 heterocycles. The Hall–Kier alpha value is -2.07. The highest BCUT2D eigenvalue weighted by Gasteiger charge is 2.09. The van der Waals surface area contributed by atoms with Crippen LogP contribution in [0.25, 0.3) is 0 Å². The lowest BCUT2D eigenvalue weighted by atomic mass is 10.2. The molecule has 0 radical (unpaired) electrons. The van der Waals surface area contributed by atoms with E-state index in [4.69, 9.17) is 17.3 Å². The van der Waals surface area contributed by atoms with Crippen LogP contribution in [0.1, 0.15) is 16.1 Å². The van der Waals surface area contributed by atoms with Gasteiger partial charge in [0.25, 0.3) is 5.91 Å². The lowest BCUT2D eigenvalue weighted by molar-refractivity contribution is 0.102. The van der Waals surface area contributed by atoms with E-state index in [1.807, 2.05) is 13.0 Å². The standard InChI is InChI=1S/C13H12ClN3O/c1-8-2-3-9(14)6-11(8)17-13(18)12-7-10(15)4-5-16-12/h2-7H,1H3,(H2,15,16)(H,17,18). The number of hydrogen-bond acceptors (Lipinski definition) is 3. The molecule has 0 aliphatic heterocycles. The Kier molecular flexibility index (Phi) is 3.48. The number of nitrogens with zero attached hydrogens (tertiary/aromatic N) is 1. The van der Waals surface area contributed by atoms with Gasteiger partial charge in [-0.05, 0) is 36.8 Å². The molecule has 0 aliphatic carbocycles. The first kappa shape index (κ1) is 12.4. The van der Waals surface area contributed by atoms with Crippen molar-refractivity contribution in [3.05, 3.63) is 52.8 Å². The number of nitrogens with two attached hydrogens (primary N) is 1. The van der Waals surface area contributed by atoms with E-state index in [-0.39, 0.29) is 11.6 Å². The number of amides is 1. The fourth-order valence-electron chi connectivity index (χ4n) is 1.49. The van der Waals surface area contributed by atoms with Crippen LogP contribution < -0.4 is 11.1 Å². The second-order valence-corrected chi connectivity index (χ2v) is 4.32. The normalized spacial score (nSPS) is 10.1. The van der Waals surface area contributed by atoms with Crippen LogP contribution in [0.3, 0.4) is 0 Å². The van der Waals surface area contributed by atoms with Gasteiger partial charge in [-0.25, -0.2) is 0 Å². The van der Waals surface area contributed by atoms with Crippen LogP contribution in [0, 0.1) is 6.92 Å². The molecule has 1 aromatic carbocycles. The minimum atomic E-state index is -0.312. The Bertz CT molecular complexity index is 599. The summed E-state index contributed by atoms with van der Waals surface area (Å²) in [5.74, 6) is -0.312. The predicted octanol–water partition coefficient (Wildman–Crippen LogP) is 2.88. The molecule has 18 heavy (non-hydrogen) atoms. The van der Waals surface area contributed by atoms with Crippen molar-refractivity contribution in [1.29, 1.82) is 0 Å². The van der Waals surface area contributed by atoms with E-state index >= 15 is 0 Å². The maximum Gasteiger partial charge on any atom is 0.274 e. The average Bonchev–Trinajstić information content (AvgIpc) is 2.34. The van der Waals surface area contributed by atoms with E-state index in [9.17, 15) is 4.79 Å². The van der Waals surface area contributed by atoms with Crippen LogP contribution in [-0.2, 0) is 0 Å². The van der Waals surface area contributed by atoms with Gasteiger partial charge in [0.15, 0.2) is 0 Å². The number of pyridine rings is 1. The van der Waals surface area contributed by atoms with Gasteiger partial charge in [0.1, 0.15) is 5.69 Å². The van der Waals surface area contributed by atoms with Crippen LogP contribution in [0.4, 0.5) is 11.4 Å². The molecule has 3 N–H and O–H groups in total. The number of aromatic nitrogens is 1. The van der Waals surface area contributed by atoms with Crippen molar-refractivity contribution in [3.8, 4) is 0 Å². The lowest BCUT2D eigenvalue weighted by Crippen LogP contribution is -2.14. The molecule has 0 saturated carbocycles. The molecule has 0 bridgehead atoms. The Morgan fingerprint density at radius 3 is 2.83 bits per heavy atom. The Balaban J connectivity index is 2.24. The van der Waals surface area contributed by atoms with Gasteiger partial charge < -0.3 is 11.1 Å². The second kappa shape index (κ2) is 5.06. The summed E-state index contributed by atoms with van der Waals surface area (Å²) in [7, 11) is 0. The highest BCUT2D eigenvalue weighted by molar-refractivity contribution is 6.31. The van der Waals surface area contributed by atoms with Gasteiger partial charge in [-0.15, -0.1) is 0 Å². The van der Waals surface area contributed by atoms with Gasteiger partial charge in [-0.2, -0.15) is 0 Å². The highest BCUT2D eigenvalue weighted by Crippen LogP contribution is 2.20. The number of halogens is 1. The largest absolute Gasteiger partial charge is 0.399 e. The van der Waals surface area contributed by atoms with Gasteiger partial charge in [0, 0.05) is 22.6 Å². The zero-order chi connectivity index (χ0) is 13.1. The average molecular weight is 262 g/mol. The first-order valence-corrected chi connectivity index (χ1v) is 5.73. The van der Waals surface area contributed by atoms with Crippen molar-refractivity contribution in [2.75, 3.05) is 11.1 Å². The van der Waals surface area contributed by atoms with E-state index in [2.05, 4.69) is 10.3 Å². The highest BCUT2D eigenvalue weighted by atomic mass is 35.5. The Labute approximate surface area is 110 Å². The fraction of sp³-hybridized carbons (Fsp3) is 0.0769. The molecule has 1 aromatic heterocycles. The molecular weight excluding hydrogens is 250 g/mol. The molecule has 5 heteroatoms. The van der Waals surface area contributed by atoms with Crippen molar-refractivity contribution in [2.24, 2.45) is 0 Å². The van der Waals surface area contributed by atoms with Crippen LogP contribution >= 0.6 is 11.6 Å². The number of carbonyl (C=O) groups excluding carboxylic acids is 1. The van der Waals surface area contributed by atoms with Crippen LogP contribution in [0.15, 0.2) is 36.5 Å². The third-order valence-electron chi connectivity index (χ3n) is 2.46. The molecule has 0 atom stereocenters. The van der Waals surface area contributed by atoms with Gasteiger partial charge in [-0.3, -0.25) is 9.78 Å². The van der Waals surface area contributed by atoms with E-state index < -0.39 is 0 Å². The number of anilines is 2. The zero-order valence-corrected chi connectivity index (χ0v) is 10.5. The molecule has 0 fully saturated rings. The Morgan fingerprint density at radius 1 is 1.33 bits per heavy atom. The molecular formula is C13H12ClN3O. The summed E-state index contributed by atoms with van der Waals surface area (Å²) < 4.78 is 0. The van der Waals surface area contributed by atoms with Crippen LogP contribution in [0.5, 0.6) is 0 Å². The number of aryl methyl sites for hydroxylation is 1. The minimum absolute atomic E-state index is 0.273. The molecule has 2 rings (SSSR count). The van der Waals surface area contributed by atoms with Gasteiger partial charge >= 0.3 is 0 Å². The van der Waals surface area contributed by atoms with Crippen molar-refractivity contribution in [3.63, 3.8) is 0 Å². The Morgan fingerprint density at radius 2 is 2.11 bits per heavy atom. The van der Waals surface area contributed by atoms with Crippen molar-refractivity contribution in [2.45, 2.75) is 6.92 Å². The third-order valence-corrected chi connectivity index (χ3v) is 2.70. The fourth-order valence-corrected chi connectivity index (χ4v) is 1.66. The van der Waals surface area contributed by atoms with E-state index in [0.29, 0.717) is 16.4 Å². The van der Waals surface area contributed by atoms with Crippen LogP contribution in [-0.4, -0.2) is 10.9 Å². The monoisotopic (exact) mass is 261 g/mol. The number of benzene rings is 1. The minimum Gasteiger partial charge on any atom is -0.399 e. The summed E-state index contributed by atoms with van der Waals surface area (Å²) in [6.07, 6.45) is 1.50. The van der Waals surface area contributed by atoms with Gasteiger partial charge in [-0.1, -0.05) is 17.7 Å². The van der Waals surface area contributed by atoms with Crippen molar-refractivity contribution >= 4 is 28.9 Å². The first-order chi connectivity index (χ1) is 8.56. The van der Waals surface area contributed by atoms with Gasteiger partial charge in [0.05, 0.1) is 0 Å². The topological polar surface area (TPSA) is 68.0 Å². The van der Waals surface area contributed by atoms with Crippen molar-refractivity contribution < 1.29 is 4.79 Å². The number of carbonyl (C=O) groups is 1. The number of rotatable bonds is 2. The number of hydrogen-bond donors (Lipinski definition) is 2. The summed E-state index contributed by atoms with van der Waals surface area (Å²) in [6, 6.07) is 8.45. The third kappa shape index (κ3) is 2.78. The van der Waals surface area contributed by atoms with E-state index in [1.165, 1.54) is 12.3 Å². The second-order valence-electron chi connectivity index (χ2n) is 3.89.